The Morgan fingerprint density at radius 3 is 2.89 bits per heavy atom. The minimum Gasteiger partial charge on any atom is -0.348 e. The maximum absolute atomic E-state index is 13.3. The van der Waals surface area contributed by atoms with Crippen molar-refractivity contribution in [1.29, 1.82) is 0 Å². The Morgan fingerprint density at radius 2 is 2.07 bits per heavy atom. The number of nitrogens with one attached hydrogen (secondary N) is 1. The first-order valence-corrected chi connectivity index (χ1v) is 9.46. The fourth-order valence-corrected chi connectivity index (χ4v) is 5.87. The van der Waals surface area contributed by atoms with Gasteiger partial charge in [0.1, 0.15) is 17.8 Å². The van der Waals surface area contributed by atoms with E-state index in [1.807, 2.05) is 24.4 Å². The van der Waals surface area contributed by atoms with Crippen LogP contribution >= 0.6 is 0 Å². The van der Waals surface area contributed by atoms with Gasteiger partial charge in [0, 0.05) is 30.7 Å². The van der Waals surface area contributed by atoms with E-state index in [1.54, 1.807) is 18.7 Å². The molecule has 6 heterocycles. The predicted octanol–water partition coefficient (Wildman–Crippen LogP) is 2.23. The number of carbonyl (C=O) groups excluding carboxylic acids is 1. The molecule has 3 aromatic heterocycles. The van der Waals surface area contributed by atoms with Gasteiger partial charge >= 0.3 is 0 Å². The average molecular weight is 360 g/mol. The molecule has 7 nitrogen and oxygen atoms in total. The van der Waals surface area contributed by atoms with Gasteiger partial charge in [-0.05, 0) is 37.0 Å². The number of aromatic amines is 1. The van der Waals surface area contributed by atoms with Gasteiger partial charge in [-0.2, -0.15) is 0 Å². The van der Waals surface area contributed by atoms with Crippen LogP contribution in [-0.2, 0) is 0 Å². The number of carbonyl (C=O) groups is 1. The molecule has 4 unspecified atom stereocenters. The highest BCUT2D eigenvalue weighted by atomic mass is 16.2. The van der Waals surface area contributed by atoms with Crippen molar-refractivity contribution in [2.75, 3.05) is 11.4 Å². The number of rotatable bonds is 2. The van der Waals surface area contributed by atoms with Crippen molar-refractivity contribution in [3.8, 4) is 0 Å². The molecule has 1 N–H and O–H groups in total. The highest BCUT2D eigenvalue weighted by molar-refractivity contribution is 5.96. The van der Waals surface area contributed by atoms with Crippen LogP contribution in [0.25, 0.3) is 11.0 Å². The standard InChI is InChI=1S/C20H20N6O/c1-12-8-20-9-15(16(12)26(20)19(27)13-2-5-21-6-3-13)25(10-20)18-14-4-7-22-17(14)23-11-24-18/h2-7,11-12,15-16H,8-10H2,1H3,(H,22,23,24). The Morgan fingerprint density at radius 1 is 1.22 bits per heavy atom. The zero-order valence-electron chi connectivity index (χ0n) is 15.0. The molecule has 1 amide bonds. The van der Waals surface area contributed by atoms with Crippen molar-refractivity contribution >= 4 is 22.8 Å². The van der Waals surface area contributed by atoms with Crippen LogP contribution in [0.15, 0.2) is 43.1 Å². The van der Waals surface area contributed by atoms with E-state index < -0.39 is 0 Å². The molecule has 0 radical (unpaired) electrons. The molecule has 3 fully saturated rings. The largest absolute Gasteiger partial charge is 0.348 e. The molecule has 0 aliphatic carbocycles. The topological polar surface area (TPSA) is 78.0 Å². The van der Waals surface area contributed by atoms with Crippen molar-refractivity contribution in [3.63, 3.8) is 0 Å². The summed E-state index contributed by atoms with van der Waals surface area (Å²) in [7, 11) is 0. The van der Waals surface area contributed by atoms with Gasteiger partial charge in [-0.3, -0.25) is 9.78 Å². The number of fused-ring (bicyclic) bond motifs is 4. The Kier molecular flexibility index (Phi) is 2.83. The summed E-state index contributed by atoms with van der Waals surface area (Å²) in [6, 6.07) is 6.22. The summed E-state index contributed by atoms with van der Waals surface area (Å²) >= 11 is 0. The smallest absolute Gasteiger partial charge is 0.254 e. The number of aromatic nitrogens is 4. The third-order valence-electron chi connectivity index (χ3n) is 6.69. The quantitative estimate of drug-likeness (QED) is 0.758. The van der Waals surface area contributed by atoms with E-state index in [0.29, 0.717) is 12.0 Å². The molecular formula is C20H20N6O. The molecule has 27 heavy (non-hydrogen) atoms. The van der Waals surface area contributed by atoms with Gasteiger partial charge in [0.15, 0.2) is 0 Å². The number of pyridine rings is 1. The molecule has 136 valence electrons. The van der Waals surface area contributed by atoms with Gasteiger partial charge in [-0.15, -0.1) is 0 Å². The van der Waals surface area contributed by atoms with E-state index in [1.165, 1.54) is 0 Å². The van der Waals surface area contributed by atoms with E-state index >= 15 is 0 Å². The predicted molar refractivity (Wildman–Crippen MR) is 100 cm³/mol. The Bertz CT molecular complexity index is 1050. The lowest BCUT2D eigenvalue weighted by molar-refractivity contribution is 0.0590. The lowest BCUT2D eigenvalue weighted by atomic mass is 9.83. The number of hydrogen-bond acceptors (Lipinski definition) is 5. The number of hydrogen-bond donors (Lipinski definition) is 1. The van der Waals surface area contributed by atoms with Crippen LogP contribution in [0.3, 0.4) is 0 Å². The molecule has 3 aliphatic rings. The van der Waals surface area contributed by atoms with Crippen molar-refractivity contribution < 1.29 is 4.79 Å². The third-order valence-corrected chi connectivity index (χ3v) is 6.69. The zero-order valence-corrected chi connectivity index (χ0v) is 15.0. The van der Waals surface area contributed by atoms with E-state index in [-0.39, 0.29) is 17.5 Å². The first-order valence-electron chi connectivity index (χ1n) is 9.46. The summed E-state index contributed by atoms with van der Waals surface area (Å²) < 4.78 is 0. The Hall–Kier alpha value is -2.96. The summed E-state index contributed by atoms with van der Waals surface area (Å²) in [5, 5.41) is 1.06. The molecule has 6 rings (SSSR count). The van der Waals surface area contributed by atoms with E-state index in [4.69, 9.17) is 0 Å². The second-order valence-corrected chi connectivity index (χ2v) is 8.14. The first kappa shape index (κ1) is 15.1. The van der Waals surface area contributed by atoms with Crippen molar-refractivity contribution in [1.82, 2.24) is 24.8 Å². The fraction of sp³-hybridized carbons (Fsp3) is 0.400. The van der Waals surface area contributed by atoms with Gasteiger partial charge in [0.25, 0.3) is 5.91 Å². The summed E-state index contributed by atoms with van der Waals surface area (Å²) in [6.07, 6.45) is 9.01. The molecular weight excluding hydrogens is 340 g/mol. The van der Waals surface area contributed by atoms with Crippen LogP contribution in [0.2, 0.25) is 0 Å². The fourth-order valence-electron chi connectivity index (χ4n) is 5.87. The van der Waals surface area contributed by atoms with E-state index in [9.17, 15) is 4.79 Å². The zero-order chi connectivity index (χ0) is 18.2. The third kappa shape index (κ3) is 1.86. The van der Waals surface area contributed by atoms with Gasteiger partial charge in [-0.25, -0.2) is 9.97 Å². The summed E-state index contributed by atoms with van der Waals surface area (Å²) in [5.41, 5.74) is 1.51. The minimum absolute atomic E-state index is 0.0946. The molecule has 3 aliphatic heterocycles. The number of H-pyrrole nitrogens is 1. The number of piperazine rings is 1. The highest BCUT2D eigenvalue weighted by Gasteiger charge is 2.68. The monoisotopic (exact) mass is 360 g/mol. The maximum Gasteiger partial charge on any atom is 0.254 e. The molecule has 3 bridgehead atoms. The number of anilines is 1. The molecule has 0 aromatic carbocycles. The second kappa shape index (κ2) is 5.06. The highest BCUT2D eigenvalue weighted by Crippen LogP contribution is 2.57. The van der Waals surface area contributed by atoms with E-state index in [0.717, 1.165) is 41.8 Å². The second-order valence-electron chi connectivity index (χ2n) is 8.14. The Balaban J connectivity index is 1.41. The molecule has 3 saturated heterocycles. The molecule has 7 heteroatoms. The van der Waals surface area contributed by atoms with Gasteiger partial charge in [-0.1, -0.05) is 6.92 Å². The van der Waals surface area contributed by atoms with Crippen molar-refractivity contribution in [2.24, 2.45) is 5.92 Å². The van der Waals surface area contributed by atoms with Crippen LogP contribution < -0.4 is 4.90 Å². The minimum atomic E-state index is -0.0946. The lowest BCUT2D eigenvalue weighted by Crippen LogP contribution is -2.57. The van der Waals surface area contributed by atoms with Crippen LogP contribution in [0.1, 0.15) is 30.1 Å². The summed E-state index contributed by atoms with van der Waals surface area (Å²) in [4.78, 5) is 34.1. The average Bonchev–Trinajstić information content (AvgIpc) is 3.42. The van der Waals surface area contributed by atoms with Gasteiger partial charge in [0.05, 0.1) is 23.0 Å². The number of nitrogens with zero attached hydrogens (tertiary/aromatic N) is 5. The van der Waals surface area contributed by atoms with Crippen LogP contribution in [0, 0.1) is 5.92 Å². The molecule has 4 atom stereocenters. The van der Waals surface area contributed by atoms with E-state index in [2.05, 4.69) is 36.7 Å². The van der Waals surface area contributed by atoms with Crippen molar-refractivity contribution in [3.05, 3.63) is 48.7 Å². The molecule has 1 spiro atoms. The summed E-state index contributed by atoms with van der Waals surface area (Å²) in [5.74, 6) is 1.62. The normalized spacial score (nSPS) is 31.2. The summed E-state index contributed by atoms with van der Waals surface area (Å²) in [6.45, 7) is 3.12. The van der Waals surface area contributed by atoms with Gasteiger partial charge in [0.2, 0.25) is 0 Å². The van der Waals surface area contributed by atoms with Crippen LogP contribution in [-0.4, -0.2) is 54.9 Å². The molecule has 3 aromatic rings. The molecule has 0 saturated carbocycles. The van der Waals surface area contributed by atoms with Crippen LogP contribution in [0.5, 0.6) is 0 Å². The maximum atomic E-state index is 13.3. The number of amides is 1. The van der Waals surface area contributed by atoms with Crippen LogP contribution in [0.4, 0.5) is 5.82 Å². The first-order chi connectivity index (χ1) is 13.2. The SMILES string of the molecule is CC1CC23CC(C1N2C(=O)c1ccncc1)N(c1ncnc2[nH]ccc12)C3. The van der Waals surface area contributed by atoms with Gasteiger partial charge < -0.3 is 14.8 Å². The Labute approximate surface area is 156 Å². The lowest BCUT2D eigenvalue weighted by Gasteiger charge is -2.42. The van der Waals surface area contributed by atoms with Crippen molar-refractivity contribution in [2.45, 2.75) is 37.4 Å².